The Kier molecular flexibility index (Phi) is 5.68. The van der Waals surface area contributed by atoms with Crippen LogP contribution in [0.25, 0.3) is 5.57 Å². The summed E-state index contributed by atoms with van der Waals surface area (Å²) >= 11 is 0. The highest BCUT2D eigenvalue weighted by atomic mass is 16.6. The van der Waals surface area contributed by atoms with Crippen LogP contribution in [0.4, 0.5) is 0 Å². The maximum absolute atomic E-state index is 12.4. The number of hydrogen-bond donors (Lipinski definition) is 3. The molecule has 166 valence electrons. The quantitative estimate of drug-likeness (QED) is 0.579. The van der Waals surface area contributed by atoms with Crippen LogP contribution in [-0.4, -0.2) is 49.7 Å². The maximum Gasteiger partial charge on any atom is 0.374 e. The Bertz CT molecular complexity index is 973. The number of carbonyl (C=O) groups is 1. The summed E-state index contributed by atoms with van der Waals surface area (Å²) in [6.07, 6.45) is 7.84. The average molecular weight is 429 g/mol. The van der Waals surface area contributed by atoms with Crippen LogP contribution in [0, 0.1) is 0 Å². The third-order valence-electron chi connectivity index (χ3n) is 5.58. The summed E-state index contributed by atoms with van der Waals surface area (Å²) in [6, 6.07) is 1.77. The molecule has 4 rings (SSSR count). The van der Waals surface area contributed by atoms with Crippen LogP contribution in [0.3, 0.4) is 0 Å². The lowest BCUT2D eigenvalue weighted by atomic mass is 9.92. The van der Waals surface area contributed by atoms with Gasteiger partial charge >= 0.3 is 5.97 Å². The molecule has 0 aliphatic carbocycles. The Labute approximate surface area is 181 Å². The first-order chi connectivity index (χ1) is 14.8. The average Bonchev–Trinajstić information content (AvgIpc) is 3.39. The van der Waals surface area contributed by atoms with Gasteiger partial charge in [-0.25, -0.2) is 4.79 Å². The van der Waals surface area contributed by atoms with Gasteiger partial charge in [0.05, 0.1) is 31.1 Å². The van der Waals surface area contributed by atoms with Gasteiger partial charge in [-0.3, -0.25) is 4.90 Å². The summed E-state index contributed by atoms with van der Waals surface area (Å²) in [7, 11) is 1.61. The van der Waals surface area contributed by atoms with E-state index in [0.29, 0.717) is 30.2 Å². The highest BCUT2D eigenvalue weighted by Crippen LogP contribution is 2.49. The van der Waals surface area contributed by atoms with Crippen molar-refractivity contribution in [1.29, 1.82) is 0 Å². The Balaban J connectivity index is 1.78. The molecule has 0 spiro atoms. The van der Waals surface area contributed by atoms with E-state index in [0.717, 1.165) is 23.4 Å². The Morgan fingerprint density at radius 3 is 2.87 bits per heavy atom. The highest BCUT2D eigenvalue weighted by Gasteiger charge is 2.39. The minimum absolute atomic E-state index is 0.115. The summed E-state index contributed by atoms with van der Waals surface area (Å²) in [6.45, 7) is 6.96. The van der Waals surface area contributed by atoms with E-state index in [1.165, 1.54) is 4.90 Å². The number of hydrogen-bond acceptors (Lipinski definition) is 7. The molecule has 0 fully saturated rings. The number of methoxy groups -OCH3 is 1. The number of ether oxygens (including phenoxy) is 4. The third kappa shape index (κ3) is 4.13. The molecule has 3 aliphatic rings. The van der Waals surface area contributed by atoms with E-state index in [1.807, 2.05) is 6.20 Å². The molecule has 0 amide bonds. The molecule has 3 heterocycles. The predicted octanol–water partition coefficient (Wildman–Crippen LogP) is 0.909. The lowest BCUT2D eigenvalue weighted by Gasteiger charge is -2.24. The van der Waals surface area contributed by atoms with Crippen molar-refractivity contribution in [3.63, 3.8) is 0 Å². The molecule has 0 aromatic heterocycles. The molecule has 2 unspecified atom stereocenters. The van der Waals surface area contributed by atoms with Crippen LogP contribution in [-0.2, 0) is 16.0 Å². The first-order valence-corrected chi connectivity index (χ1v) is 10.5. The molecule has 1 aromatic rings. The number of allylic oxidation sites excluding steroid dienone is 2. The van der Waals surface area contributed by atoms with Crippen molar-refractivity contribution in [2.75, 3.05) is 26.9 Å². The topological polar surface area (TPSA) is 90.7 Å². The van der Waals surface area contributed by atoms with Gasteiger partial charge in [-0.2, -0.15) is 0 Å². The number of esters is 1. The van der Waals surface area contributed by atoms with Gasteiger partial charge in [-0.05, 0) is 38.5 Å². The van der Waals surface area contributed by atoms with Crippen LogP contribution in [0.5, 0.6) is 17.2 Å². The fourth-order valence-corrected chi connectivity index (χ4v) is 3.94. The van der Waals surface area contributed by atoms with E-state index in [9.17, 15) is 9.90 Å². The summed E-state index contributed by atoms with van der Waals surface area (Å²) in [4.78, 5) is 13.7. The summed E-state index contributed by atoms with van der Waals surface area (Å²) in [5, 5.41) is 13.6. The van der Waals surface area contributed by atoms with E-state index in [1.54, 1.807) is 40.0 Å². The van der Waals surface area contributed by atoms with Crippen molar-refractivity contribution in [2.24, 2.45) is 0 Å². The van der Waals surface area contributed by atoms with Crippen LogP contribution < -0.4 is 24.4 Å². The minimum atomic E-state index is -1.02. The van der Waals surface area contributed by atoms with E-state index in [2.05, 4.69) is 17.6 Å². The number of nitrogens with one attached hydrogen (secondary N) is 2. The first-order valence-electron chi connectivity index (χ1n) is 10.5. The lowest BCUT2D eigenvalue weighted by Crippen LogP contribution is -3.07. The molecular weight excluding hydrogens is 400 g/mol. The van der Waals surface area contributed by atoms with Crippen molar-refractivity contribution in [3.8, 4) is 17.2 Å². The second kappa shape index (κ2) is 8.28. The van der Waals surface area contributed by atoms with Crippen LogP contribution >= 0.6 is 0 Å². The highest BCUT2D eigenvalue weighted by molar-refractivity contribution is 5.95. The molecule has 0 saturated heterocycles. The summed E-state index contributed by atoms with van der Waals surface area (Å²) in [5.41, 5.74) is 1.45. The Hall–Kier alpha value is -2.97. The van der Waals surface area contributed by atoms with E-state index in [-0.39, 0.29) is 12.4 Å². The zero-order valence-electron chi connectivity index (χ0n) is 18.3. The Morgan fingerprint density at radius 2 is 2.23 bits per heavy atom. The molecule has 1 aromatic carbocycles. The number of benzene rings is 1. The SMILES string of the molecule is CCOC(=O)C1=CC(=CC[NH+]2C=CNC2)c2c(cc3c(c2OC)CC(C(C)(C)O)O3)O1. The van der Waals surface area contributed by atoms with Gasteiger partial charge in [-0.15, -0.1) is 0 Å². The number of fused-ring (bicyclic) bond motifs is 2. The van der Waals surface area contributed by atoms with Gasteiger partial charge in [0, 0.05) is 18.1 Å². The second-order valence-electron chi connectivity index (χ2n) is 8.29. The largest absolute Gasteiger partial charge is 0.496 e. The molecule has 2 atom stereocenters. The van der Waals surface area contributed by atoms with Gasteiger partial charge in [0.15, 0.2) is 6.67 Å². The van der Waals surface area contributed by atoms with Gasteiger partial charge in [0.2, 0.25) is 5.76 Å². The lowest BCUT2D eigenvalue weighted by molar-refractivity contribution is -0.836. The van der Waals surface area contributed by atoms with Crippen LogP contribution in [0.1, 0.15) is 31.9 Å². The van der Waals surface area contributed by atoms with E-state index >= 15 is 0 Å². The number of aliphatic hydroxyl groups is 1. The molecule has 3 N–H and O–H groups in total. The normalized spacial score (nSPS) is 22.7. The van der Waals surface area contributed by atoms with Gasteiger partial charge < -0.3 is 29.4 Å². The van der Waals surface area contributed by atoms with Crippen molar-refractivity contribution in [1.82, 2.24) is 5.32 Å². The van der Waals surface area contributed by atoms with Crippen LogP contribution in [0.2, 0.25) is 0 Å². The van der Waals surface area contributed by atoms with Gasteiger partial charge in [0.25, 0.3) is 0 Å². The maximum atomic E-state index is 12.4. The van der Waals surface area contributed by atoms with Crippen molar-refractivity contribution >= 4 is 11.5 Å². The molecule has 0 radical (unpaired) electrons. The van der Waals surface area contributed by atoms with Crippen LogP contribution in [0.15, 0.2) is 36.4 Å². The van der Waals surface area contributed by atoms with Crippen molar-refractivity contribution in [2.45, 2.75) is 38.9 Å². The number of rotatable bonds is 6. The zero-order valence-corrected chi connectivity index (χ0v) is 18.3. The number of quaternary nitrogens is 1. The summed E-state index contributed by atoms with van der Waals surface area (Å²) in [5.74, 6) is 1.28. The van der Waals surface area contributed by atoms with Crippen molar-refractivity contribution in [3.05, 3.63) is 47.5 Å². The fraction of sp³-hybridized carbons (Fsp3) is 0.435. The molecule has 31 heavy (non-hydrogen) atoms. The monoisotopic (exact) mass is 429 g/mol. The predicted molar refractivity (Wildman–Crippen MR) is 114 cm³/mol. The van der Waals surface area contributed by atoms with Gasteiger partial charge in [0.1, 0.15) is 36.1 Å². The molecule has 0 saturated carbocycles. The summed E-state index contributed by atoms with van der Waals surface area (Å²) < 4.78 is 22.9. The standard InChI is InChI=1S/C23H28N2O6/c1-5-29-22(26)18-10-14(6-8-25-9-7-24-13-25)20-17(30-18)12-16-15(21(20)28-4)11-19(31-16)23(2,3)27/h6-7,9-10,12,19,24,27H,5,8,11,13H2,1-4H3/p+1. The molecular formula is C23H29N2O6+. The van der Waals surface area contributed by atoms with Crippen molar-refractivity contribution < 1.29 is 33.7 Å². The van der Waals surface area contributed by atoms with E-state index in [4.69, 9.17) is 18.9 Å². The second-order valence-corrected chi connectivity index (χ2v) is 8.29. The molecule has 3 aliphatic heterocycles. The number of carbonyl (C=O) groups excluding carboxylic acids is 1. The molecule has 8 heteroatoms. The first kappa shape index (κ1) is 21.3. The zero-order chi connectivity index (χ0) is 22.2. The fourth-order valence-electron chi connectivity index (χ4n) is 3.94. The molecule has 0 bridgehead atoms. The molecule has 8 nitrogen and oxygen atoms in total. The van der Waals surface area contributed by atoms with Gasteiger partial charge in [-0.1, -0.05) is 0 Å². The third-order valence-corrected chi connectivity index (χ3v) is 5.58. The smallest absolute Gasteiger partial charge is 0.374 e. The Morgan fingerprint density at radius 1 is 1.42 bits per heavy atom. The minimum Gasteiger partial charge on any atom is -0.496 e. The van der Waals surface area contributed by atoms with E-state index < -0.39 is 17.7 Å².